The van der Waals surface area contributed by atoms with E-state index in [4.69, 9.17) is 44.8 Å². The Morgan fingerprint density at radius 2 is 1.31 bits per heavy atom. The summed E-state index contributed by atoms with van der Waals surface area (Å²) in [5.41, 5.74) is 2.36. The molecule has 0 bridgehead atoms. The van der Waals surface area contributed by atoms with E-state index in [1.807, 2.05) is 6.08 Å². The molecule has 0 amide bonds. The molecular formula is C35H58O10. The first-order chi connectivity index (χ1) is 21.2. The van der Waals surface area contributed by atoms with Crippen LogP contribution < -0.4 is 0 Å². The monoisotopic (exact) mass is 638 g/mol. The van der Waals surface area contributed by atoms with Crippen molar-refractivity contribution in [2.75, 3.05) is 6.61 Å². The number of esters is 1. The summed E-state index contributed by atoms with van der Waals surface area (Å²) < 4.78 is 14.9. The van der Waals surface area contributed by atoms with Gasteiger partial charge in [0.05, 0.1) is 24.4 Å². The summed E-state index contributed by atoms with van der Waals surface area (Å²) in [7, 11) is 0. The van der Waals surface area contributed by atoms with Crippen molar-refractivity contribution in [2.45, 2.75) is 154 Å². The highest BCUT2D eigenvalue weighted by atomic mass is 16.6. The SMILES string of the molecule is C[C@H]1OC(O)C[C@H](O)[C@@H]1O.C[C@H]1OC(O)C[C@H](O)[C@@H]1O.C[C@]12CC[C@H]3[C@@H](CCC4CCCC[C@@]43C)[C@@H]1CC[C@@H]2C1=CC(=O)OC1. The maximum Gasteiger partial charge on any atom is 0.331 e. The Hall–Kier alpha value is -1.11. The molecule has 7 rings (SSSR count). The van der Waals surface area contributed by atoms with Gasteiger partial charge in [-0.3, -0.25) is 0 Å². The summed E-state index contributed by atoms with van der Waals surface area (Å²) in [6.07, 6.45) is 10.0. The lowest BCUT2D eigenvalue weighted by Crippen LogP contribution is -2.52. The smallest absolute Gasteiger partial charge is 0.331 e. The molecular weight excluding hydrogens is 580 g/mol. The van der Waals surface area contributed by atoms with Crippen molar-refractivity contribution < 1.29 is 49.6 Å². The summed E-state index contributed by atoms with van der Waals surface area (Å²) >= 11 is 0. The van der Waals surface area contributed by atoms with E-state index in [1.54, 1.807) is 13.8 Å². The molecule has 0 aromatic heterocycles. The van der Waals surface area contributed by atoms with Crippen LogP contribution in [-0.4, -0.2) is 92.4 Å². The van der Waals surface area contributed by atoms with Crippen molar-refractivity contribution in [3.63, 3.8) is 0 Å². The molecule has 6 fully saturated rings. The summed E-state index contributed by atoms with van der Waals surface area (Å²) in [5.74, 6) is 4.30. The number of cyclic esters (lactones) is 1. The van der Waals surface area contributed by atoms with E-state index in [1.165, 1.54) is 69.8 Å². The number of rotatable bonds is 1. The molecule has 258 valence electrons. The largest absolute Gasteiger partial charge is 0.458 e. The van der Waals surface area contributed by atoms with Gasteiger partial charge in [0, 0.05) is 18.9 Å². The van der Waals surface area contributed by atoms with Crippen LogP contribution in [0.15, 0.2) is 11.6 Å². The van der Waals surface area contributed by atoms with Crippen molar-refractivity contribution in [2.24, 2.45) is 40.4 Å². The van der Waals surface area contributed by atoms with Crippen molar-refractivity contribution in [3.8, 4) is 0 Å². The van der Waals surface area contributed by atoms with E-state index in [9.17, 15) is 4.79 Å². The fraction of sp³-hybridized carbons (Fsp3) is 0.914. The minimum atomic E-state index is -0.937. The molecule has 0 aromatic carbocycles. The van der Waals surface area contributed by atoms with Crippen molar-refractivity contribution in [1.82, 2.24) is 0 Å². The Morgan fingerprint density at radius 1 is 0.711 bits per heavy atom. The molecule has 3 aliphatic heterocycles. The fourth-order valence-corrected chi connectivity index (χ4v) is 10.6. The molecule has 6 N–H and O–H groups in total. The molecule has 2 saturated heterocycles. The first kappa shape index (κ1) is 35.2. The number of hydrogen-bond donors (Lipinski definition) is 6. The van der Waals surface area contributed by atoms with Crippen LogP contribution in [0.4, 0.5) is 0 Å². The highest BCUT2D eigenvalue weighted by molar-refractivity contribution is 5.85. The minimum Gasteiger partial charge on any atom is -0.458 e. The third-order valence-electron chi connectivity index (χ3n) is 13.1. The van der Waals surface area contributed by atoms with Crippen LogP contribution in [0.5, 0.6) is 0 Å². The van der Waals surface area contributed by atoms with Crippen molar-refractivity contribution >= 4 is 5.97 Å². The highest BCUT2D eigenvalue weighted by Crippen LogP contribution is 2.68. The number of fused-ring (bicyclic) bond motifs is 5. The molecule has 4 aliphatic carbocycles. The fourth-order valence-electron chi connectivity index (χ4n) is 10.6. The Morgan fingerprint density at radius 3 is 1.87 bits per heavy atom. The Balaban J connectivity index is 0.000000165. The van der Waals surface area contributed by atoms with Gasteiger partial charge in [0.1, 0.15) is 18.8 Å². The quantitative estimate of drug-likeness (QED) is 0.235. The molecule has 45 heavy (non-hydrogen) atoms. The van der Waals surface area contributed by atoms with Gasteiger partial charge in [-0.15, -0.1) is 0 Å². The Labute approximate surface area is 268 Å². The van der Waals surface area contributed by atoms with Gasteiger partial charge in [0.2, 0.25) is 0 Å². The molecule has 15 atom stereocenters. The second-order valence-corrected chi connectivity index (χ2v) is 15.6. The minimum absolute atomic E-state index is 0.0888. The molecule has 10 heteroatoms. The third-order valence-corrected chi connectivity index (χ3v) is 13.1. The number of hydrogen-bond acceptors (Lipinski definition) is 10. The van der Waals surface area contributed by atoms with Crippen LogP contribution in [0.2, 0.25) is 0 Å². The van der Waals surface area contributed by atoms with Crippen LogP contribution in [0.25, 0.3) is 0 Å². The lowest BCUT2D eigenvalue weighted by molar-refractivity contribution is -0.226. The van der Waals surface area contributed by atoms with Crippen LogP contribution >= 0.6 is 0 Å². The maximum absolute atomic E-state index is 11.6. The topological polar surface area (TPSA) is 166 Å². The zero-order chi connectivity index (χ0) is 32.7. The number of carbonyl (C=O) groups is 1. The second-order valence-electron chi connectivity index (χ2n) is 15.6. The Kier molecular flexibility index (Phi) is 11.1. The molecule has 0 radical (unpaired) electrons. The predicted molar refractivity (Wildman–Crippen MR) is 165 cm³/mol. The van der Waals surface area contributed by atoms with Crippen LogP contribution in [0, 0.1) is 40.4 Å². The summed E-state index contributed by atoms with van der Waals surface area (Å²) in [6.45, 7) is 9.01. The van der Waals surface area contributed by atoms with Gasteiger partial charge in [-0.2, -0.15) is 0 Å². The molecule has 0 spiro atoms. The molecule has 10 nitrogen and oxygen atoms in total. The lowest BCUT2D eigenvalue weighted by Gasteiger charge is -2.60. The number of carbonyl (C=O) groups excluding carboxylic acids is 1. The van der Waals surface area contributed by atoms with Crippen LogP contribution in [0.3, 0.4) is 0 Å². The highest BCUT2D eigenvalue weighted by Gasteiger charge is 2.60. The van der Waals surface area contributed by atoms with E-state index < -0.39 is 49.2 Å². The van der Waals surface area contributed by atoms with E-state index in [2.05, 4.69) is 13.8 Å². The van der Waals surface area contributed by atoms with Gasteiger partial charge < -0.3 is 44.8 Å². The molecule has 7 aliphatic rings. The number of ether oxygens (including phenoxy) is 3. The number of aliphatic hydroxyl groups is 6. The number of aliphatic hydroxyl groups excluding tert-OH is 6. The van der Waals surface area contributed by atoms with E-state index in [-0.39, 0.29) is 18.8 Å². The van der Waals surface area contributed by atoms with Crippen LogP contribution in [-0.2, 0) is 19.0 Å². The molecule has 0 aromatic rings. The second kappa shape index (κ2) is 14.2. The third kappa shape index (κ3) is 7.19. The Bertz CT molecular complexity index is 999. The molecule has 3 heterocycles. The van der Waals surface area contributed by atoms with E-state index in [0.29, 0.717) is 23.4 Å². The van der Waals surface area contributed by atoms with Crippen molar-refractivity contribution in [1.29, 1.82) is 0 Å². The average molecular weight is 639 g/mol. The first-order valence-corrected chi connectivity index (χ1v) is 17.5. The van der Waals surface area contributed by atoms with Crippen molar-refractivity contribution in [3.05, 3.63) is 11.6 Å². The van der Waals surface area contributed by atoms with Gasteiger partial charge in [0.25, 0.3) is 0 Å². The summed E-state index contributed by atoms with van der Waals surface area (Å²) in [4.78, 5) is 11.6. The van der Waals surface area contributed by atoms with Gasteiger partial charge in [-0.25, -0.2) is 4.79 Å². The zero-order valence-corrected chi connectivity index (χ0v) is 27.6. The zero-order valence-electron chi connectivity index (χ0n) is 27.6. The van der Waals surface area contributed by atoms with Gasteiger partial charge >= 0.3 is 5.97 Å². The van der Waals surface area contributed by atoms with Gasteiger partial charge in [-0.05, 0) is 111 Å². The lowest BCUT2D eigenvalue weighted by atomic mass is 9.44. The van der Waals surface area contributed by atoms with E-state index >= 15 is 0 Å². The first-order valence-electron chi connectivity index (χ1n) is 17.5. The molecule has 4 saturated carbocycles. The summed E-state index contributed by atoms with van der Waals surface area (Å²) in [5, 5.41) is 54.0. The normalized spacial score (nSPS) is 50.8. The predicted octanol–water partition coefficient (Wildman–Crippen LogP) is 3.19. The van der Waals surface area contributed by atoms with Crippen LogP contribution in [0.1, 0.15) is 105 Å². The van der Waals surface area contributed by atoms with Gasteiger partial charge in [-0.1, -0.05) is 26.7 Å². The van der Waals surface area contributed by atoms with E-state index in [0.717, 1.165) is 23.7 Å². The average Bonchev–Trinajstić information content (AvgIpc) is 3.57. The summed E-state index contributed by atoms with van der Waals surface area (Å²) in [6, 6.07) is 0. The standard InChI is InChI=1S/C23H34O2.2C6H12O4/c1-22-11-4-3-5-16(22)6-7-17-19-9-8-18(15-13-21(24)25-14-15)23(19,2)12-10-20(17)22;2*1-3-6(9)4(7)2-5(8)10-3/h13,16-20H,3-12,14H2,1-2H3;2*3-9H,2H2,1H3/t16?,17-,18+,19-,20-,22-,23+;2*3-,4+,5?,6-/m011/s1. The molecule has 3 unspecified atom stereocenters. The van der Waals surface area contributed by atoms with Gasteiger partial charge in [0.15, 0.2) is 12.6 Å². The maximum atomic E-state index is 11.6.